The fourth-order valence-corrected chi connectivity index (χ4v) is 2.62. The molecule has 0 heterocycles. The first-order valence-corrected chi connectivity index (χ1v) is 6.14. The van der Waals surface area contributed by atoms with E-state index in [9.17, 15) is 9.18 Å². The van der Waals surface area contributed by atoms with Crippen LogP contribution < -0.4 is 5.73 Å². The van der Waals surface area contributed by atoms with Gasteiger partial charge in [0.15, 0.2) is 0 Å². The number of carbonyl (C=O) groups is 1. The third-order valence-corrected chi connectivity index (χ3v) is 3.82. The second-order valence-corrected chi connectivity index (χ2v) is 4.92. The Hall–Kier alpha value is -1.22. The molecule has 0 saturated heterocycles. The summed E-state index contributed by atoms with van der Waals surface area (Å²) < 4.78 is 12.8. The van der Waals surface area contributed by atoms with Crippen molar-refractivity contribution in [2.45, 2.75) is 32.1 Å². The van der Waals surface area contributed by atoms with E-state index in [0.29, 0.717) is 13.0 Å². The van der Waals surface area contributed by atoms with Gasteiger partial charge in [0.05, 0.1) is 0 Å². The zero-order chi connectivity index (χ0) is 12.3. The van der Waals surface area contributed by atoms with E-state index in [-0.39, 0.29) is 17.0 Å². The van der Waals surface area contributed by atoms with Gasteiger partial charge in [-0.3, -0.25) is 4.79 Å². The number of Topliss-reactive ketones (excluding diaryl/α,β-unsaturated/α-hetero) is 1. The third-order valence-electron chi connectivity index (χ3n) is 3.82. The Morgan fingerprint density at radius 3 is 2.35 bits per heavy atom. The van der Waals surface area contributed by atoms with Gasteiger partial charge in [-0.05, 0) is 30.5 Å². The maximum Gasteiger partial charge on any atom is 0.144 e. The molecule has 0 aliphatic heterocycles. The summed E-state index contributed by atoms with van der Waals surface area (Å²) in [6.07, 6.45) is 4.36. The van der Waals surface area contributed by atoms with Gasteiger partial charge in [-0.25, -0.2) is 4.39 Å². The highest BCUT2D eigenvalue weighted by molar-refractivity contribution is 5.87. The van der Waals surface area contributed by atoms with Crippen molar-refractivity contribution in [3.63, 3.8) is 0 Å². The predicted molar refractivity (Wildman–Crippen MR) is 65.1 cm³/mol. The summed E-state index contributed by atoms with van der Waals surface area (Å²) >= 11 is 0. The quantitative estimate of drug-likeness (QED) is 0.871. The third kappa shape index (κ3) is 2.55. The van der Waals surface area contributed by atoms with Gasteiger partial charge in [-0.2, -0.15) is 0 Å². The Bertz CT molecular complexity index is 393. The summed E-state index contributed by atoms with van der Waals surface area (Å²) in [5.74, 6) is -0.0558. The molecule has 1 aliphatic rings. The van der Waals surface area contributed by atoms with Gasteiger partial charge in [-0.1, -0.05) is 25.0 Å². The average Bonchev–Trinajstić information content (AvgIpc) is 2.82. The van der Waals surface area contributed by atoms with E-state index in [0.717, 1.165) is 31.2 Å². The summed E-state index contributed by atoms with van der Waals surface area (Å²) in [5.41, 5.74) is 6.33. The van der Waals surface area contributed by atoms with Gasteiger partial charge in [0, 0.05) is 18.4 Å². The Morgan fingerprint density at radius 2 is 1.82 bits per heavy atom. The van der Waals surface area contributed by atoms with Crippen LogP contribution in [0.2, 0.25) is 0 Å². The largest absolute Gasteiger partial charge is 0.329 e. The molecule has 2 nitrogen and oxygen atoms in total. The van der Waals surface area contributed by atoms with Crippen LogP contribution in [-0.2, 0) is 11.2 Å². The van der Waals surface area contributed by atoms with Gasteiger partial charge < -0.3 is 5.73 Å². The summed E-state index contributed by atoms with van der Waals surface area (Å²) in [7, 11) is 0. The highest BCUT2D eigenvalue weighted by Gasteiger charge is 2.38. The van der Waals surface area contributed by atoms with Crippen LogP contribution in [0.15, 0.2) is 24.3 Å². The van der Waals surface area contributed by atoms with Crippen LogP contribution in [0.4, 0.5) is 4.39 Å². The number of hydrogen-bond acceptors (Lipinski definition) is 2. The molecule has 1 aromatic carbocycles. The van der Waals surface area contributed by atoms with Gasteiger partial charge in [0.25, 0.3) is 0 Å². The van der Waals surface area contributed by atoms with Gasteiger partial charge in [0.2, 0.25) is 0 Å². The molecule has 0 atom stereocenters. The van der Waals surface area contributed by atoms with E-state index in [2.05, 4.69) is 0 Å². The Balaban J connectivity index is 2.08. The molecule has 17 heavy (non-hydrogen) atoms. The minimum absolute atomic E-state index is 0.212. The molecule has 1 fully saturated rings. The molecule has 1 aliphatic carbocycles. The lowest BCUT2D eigenvalue weighted by Crippen LogP contribution is -2.37. The highest BCUT2D eigenvalue weighted by Crippen LogP contribution is 2.38. The fourth-order valence-electron chi connectivity index (χ4n) is 2.62. The molecular formula is C14H18FNO. The Kier molecular flexibility index (Phi) is 3.57. The maximum absolute atomic E-state index is 12.8. The molecule has 2 N–H and O–H groups in total. The van der Waals surface area contributed by atoms with Crippen molar-refractivity contribution in [3.05, 3.63) is 35.6 Å². The van der Waals surface area contributed by atoms with Crippen molar-refractivity contribution < 1.29 is 9.18 Å². The molecular weight excluding hydrogens is 217 g/mol. The topological polar surface area (TPSA) is 43.1 Å². The van der Waals surface area contributed by atoms with Crippen LogP contribution in [0.25, 0.3) is 0 Å². The van der Waals surface area contributed by atoms with E-state index in [1.165, 1.54) is 12.1 Å². The predicted octanol–water partition coefficient (Wildman–Crippen LogP) is 2.46. The van der Waals surface area contributed by atoms with Crippen LogP contribution >= 0.6 is 0 Å². The number of ketones is 1. The first kappa shape index (κ1) is 12.2. The van der Waals surface area contributed by atoms with E-state index in [1.807, 2.05) is 0 Å². The summed E-state index contributed by atoms with van der Waals surface area (Å²) in [6.45, 7) is 0.438. The normalized spacial score (nSPS) is 18.2. The van der Waals surface area contributed by atoms with Crippen molar-refractivity contribution in [3.8, 4) is 0 Å². The molecule has 0 aromatic heterocycles. The number of rotatable bonds is 4. The summed E-state index contributed by atoms with van der Waals surface area (Å²) in [5, 5.41) is 0. The smallest absolute Gasteiger partial charge is 0.144 e. The van der Waals surface area contributed by atoms with Crippen molar-refractivity contribution >= 4 is 5.78 Å². The number of halogens is 1. The fraction of sp³-hybridized carbons (Fsp3) is 0.500. The average molecular weight is 235 g/mol. The first-order chi connectivity index (χ1) is 8.16. The van der Waals surface area contributed by atoms with Gasteiger partial charge in [0.1, 0.15) is 11.6 Å². The second-order valence-electron chi connectivity index (χ2n) is 4.92. The van der Waals surface area contributed by atoms with E-state index in [4.69, 9.17) is 5.73 Å². The minimum Gasteiger partial charge on any atom is -0.329 e. The monoisotopic (exact) mass is 235 g/mol. The van der Waals surface area contributed by atoms with Crippen molar-refractivity contribution in [1.29, 1.82) is 0 Å². The SMILES string of the molecule is NCC1(C(=O)Cc2ccc(F)cc2)CCCC1. The van der Waals surface area contributed by atoms with Crippen molar-refractivity contribution in [2.75, 3.05) is 6.54 Å². The van der Waals surface area contributed by atoms with Gasteiger partial charge >= 0.3 is 0 Å². The van der Waals surface area contributed by atoms with Crippen LogP contribution in [0.3, 0.4) is 0 Å². The van der Waals surface area contributed by atoms with Crippen molar-refractivity contribution in [2.24, 2.45) is 11.1 Å². The van der Waals surface area contributed by atoms with Crippen LogP contribution in [-0.4, -0.2) is 12.3 Å². The molecule has 0 spiro atoms. The van der Waals surface area contributed by atoms with Crippen molar-refractivity contribution in [1.82, 2.24) is 0 Å². The molecule has 0 unspecified atom stereocenters. The number of nitrogens with two attached hydrogens (primary N) is 1. The minimum atomic E-state index is -0.311. The number of carbonyl (C=O) groups excluding carboxylic acids is 1. The highest BCUT2D eigenvalue weighted by atomic mass is 19.1. The van der Waals surface area contributed by atoms with E-state index in [1.54, 1.807) is 12.1 Å². The second kappa shape index (κ2) is 4.96. The van der Waals surface area contributed by atoms with Gasteiger partial charge in [-0.15, -0.1) is 0 Å². The molecule has 0 bridgehead atoms. The molecule has 3 heteroatoms. The zero-order valence-electron chi connectivity index (χ0n) is 9.92. The zero-order valence-corrected chi connectivity index (χ0v) is 9.92. The Morgan fingerprint density at radius 1 is 1.24 bits per heavy atom. The number of hydrogen-bond donors (Lipinski definition) is 1. The summed E-state index contributed by atoms with van der Waals surface area (Å²) in [4.78, 5) is 12.3. The lowest BCUT2D eigenvalue weighted by atomic mass is 9.79. The molecule has 2 rings (SSSR count). The van der Waals surface area contributed by atoms with Crippen LogP contribution in [0, 0.1) is 11.2 Å². The molecule has 1 aromatic rings. The molecule has 0 amide bonds. The Labute approximate surface area is 101 Å². The molecule has 92 valence electrons. The summed E-state index contributed by atoms with van der Waals surface area (Å²) in [6, 6.07) is 6.14. The maximum atomic E-state index is 12.8. The molecule has 0 radical (unpaired) electrons. The van der Waals surface area contributed by atoms with Crippen LogP contribution in [0.5, 0.6) is 0 Å². The molecule has 1 saturated carbocycles. The lowest BCUT2D eigenvalue weighted by Gasteiger charge is -2.25. The van der Waals surface area contributed by atoms with E-state index < -0.39 is 0 Å². The lowest BCUT2D eigenvalue weighted by molar-refractivity contribution is -0.127. The van der Waals surface area contributed by atoms with E-state index >= 15 is 0 Å². The van der Waals surface area contributed by atoms with Crippen LogP contribution in [0.1, 0.15) is 31.2 Å². The standard InChI is InChI=1S/C14H18FNO/c15-12-5-3-11(4-6-12)9-13(17)14(10-16)7-1-2-8-14/h3-6H,1-2,7-10,16H2. The first-order valence-electron chi connectivity index (χ1n) is 6.14. The number of benzene rings is 1.